The Morgan fingerprint density at radius 2 is 2.00 bits per heavy atom. The third-order valence-electron chi connectivity index (χ3n) is 5.32. The van der Waals surface area contributed by atoms with E-state index in [1.807, 2.05) is 35.2 Å². The Kier molecular flexibility index (Phi) is 6.71. The van der Waals surface area contributed by atoms with Crippen molar-refractivity contribution in [3.05, 3.63) is 58.8 Å². The molecule has 0 saturated heterocycles. The summed E-state index contributed by atoms with van der Waals surface area (Å²) in [6, 6.07) is 13.9. The standard InChI is InChI=1S/C23H25N3O2S/c1-15-21(17(3)27)11-20(12-24)23(25-15)29-14-22(28)26(16(2)19-9-10-19)13-18-7-5-4-6-8-18/h4-8,11,16,19H,9-10,13-14H2,1-3H3/t16-/m0/s1. The molecule has 0 bridgehead atoms. The van der Waals surface area contributed by atoms with Crippen molar-refractivity contribution in [2.75, 3.05) is 5.75 Å². The molecular weight excluding hydrogens is 382 g/mol. The Morgan fingerprint density at radius 1 is 1.31 bits per heavy atom. The number of hydrogen-bond acceptors (Lipinski definition) is 5. The van der Waals surface area contributed by atoms with E-state index in [2.05, 4.69) is 18.0 Å². The first kappa shape index (κ1) is 21.1. The van der Waals surface area contributed by atoms with E-state index >= 15 is 0 Å². The molecule has 1 aliphatic rings. The van der Waals surface area contributed by atoms with Gasteiger partial charge in [0.25, 0.3) is 0 Å². The summed E-state index contributed by atoms with van der Waals surface area (Å²) < 4.78 is 0. The second-order valence-corrected chi connectivity index (χ2v) is 8.48. The zero-order valence-electron chi connectivity index (χ0n) is 17.0. The number of nitrogens with zero attached hydrogens (tertiary/aromatic N) is 3. The van der Waals surface area contributed by atoms with Crippen LogP contribution in [0.3, 0.4) is 0 Å². The lowest BCUT2D eigenvalue weighted by Gasteiger charge is -2.29. The smallest absolute Gasteiger partial charge is 0.233 e. The molecule has 1 heterocycles. The molecular formula is C23H25N3O2S. The van der Waals surface area contributed by atoms with Crippen molar-refractivity contribution in [1.29, 1.82) is 5.26 Å². The van der Waals surface area contributed by atoms with Gasteiger partial charge in [-0.05, 0) is 51.2 Å². The second kappa shape index (κ2) is 9.23. The number of Topliss-reactive ketones (excluding diaryl/α,β-unsaturated/α-hetero) is 1. The highest BCUT2D eigenvalue weighted by molar-refractivity contribution is 8.00. The molecule has 0 aliphatic heterocycles. The van der Waals surface area contributed by atoms with E-state index < -0.39 is 0 Å². The molecule has 0 N–H and O–H groups in total. The molecule has 1 amide bonds. The fourth-order valence-corrected chi connectivity index (χ4v) is 4.30. The van der Waals surface area contributed by atoms with Gasteiger partial charge in [-0.25, -0.2) is 4.98 Å². The monoisotopic (exact) mass is 407 g/mol. The van der Waals surface area contributed by atoms with Crippen molar-refractivity contribution in [2.45, 2.75) is 51.2 Å². The minimum absolute atomic E-state index is 0.0391. The number of ketones is 1. The van der Waals surface area contributed by atoms with Crippen LogP contribution in [-0.2, 0) is 11.3 Å². The average Bonchev–Trinajstić information content (AvgIpc) is 3.55. The highest BCUT2D eigenvalue weighted by Gasteiger charge is 2.34. The SMILES string of the molecule is CC(=O)c1cc(C#N)c(SCC(=O)N(Cc2ccccc2)[C@@H](C)C2CC2)nc1C. The largest absolute Gasteiger partial charge is 0.335 e. The van der Waals surface area contributed by atoms with Crippen LogP contribution in [0.4, 0.5) is 0 Å². The predicted octanol–water partition coefficient (Wildman–Crippen LogP) is 4.38. The van der Waals surface area contributed by atoms with Gasteiger partial charge in [-0.2, -0.15) is 5.26 Å². The molecule has 1 fully saturated rings. The van der Waals surface area contributed by atoms with Gasteiger partial charge in [0.2, 0.25) is 5.91 Å². The molecule has 1 aromatic heterocycles. The van der Waals surface area contributed by atoms with Crippen LogP contribution in [0.15, 0.2) is 41.4 Å². The van der Waals surface area contributed by atoms with E-state index in [1.54, 1.807) is 13.0 Å². The Morgan fingerprint density at radius 3 is 2.59 bits per heavy atom. The maximum atomic E-state index is 13.1. The summed E-state index contributed by atoms with van der Waals surface area (Å²) in [5.74, 6) is 0.700. The summed E-state index contributed by atoms with van der Waals surface area (Å²) in [4.78, 5) is 31.2. The predicted molar refractivity (Wildman–Crippen MR) is 114 cm³/mol. The molecule has 2 aromatic rings. The van der Waals surface area contributed by atoms with Gasteiger partial charge in [-0.3, -0.25) is 9.59 Å². The second-order valence-electron chi connectivity index (χ2n) is 7.52. The fourth-order valence-electron chi connectivity index (χ4n) is 3.42. The average molecular weight is 408 g/mol. The third-order valence-corrected chi connectivity index (χ3v) is 6.30. The van der Waals surface area contributed by atoms with E-state index in [4.69, 9.17) is 0 Å². The van der Waals surface area contributed by atoms with Crippen LogP contribution in [0.5, 0.6) is 0 Å². The molecule has 3 rings (SSSR count). The van der Waals surface area contributed by atoms with Gasteiger partial charge >= 0.3 is 0 Å². The van der Waals surface area contributed by atoms with Gasteiger partial charge in [0.15, 0.2) is 5.78 Å². The molecule has 1 aromatic carbocycles. The normalized spacial score (nSPS) is 14.1. The van der Waals surface area contributed by atoms with E-state index in [0.717, 1.165) is 5.56 Å². The van der Waals surface area contributed by atoms with Crippen LogP contribution < -0.4 is 0 Å². The molecule has 1 atom stereocenters. The first-order chi connectivity index (χ1) is 13.9. The highest BCUT2D eigenvalue weighted by Crippen LogP contribution is 2.36. The van der Waals surface area contributed by atoms with Crippen molar-refractivity contribution >= 4 is 23.5 Å². The fraction of sp³-hybridized carbons (Fsp3) is 0.391. The maximum absolute atomic E-state index is 13.1. The number of rotatable bonds is 8. The Labute approximate surface area is 176 Å². The number of carbonyl (C=O) groups is 2. The quantitative estimate of drug-likeness (QED) is 0.479. The van der Waals surface area contributed by atoms with Crippen LogP contribution >= 0.6 is 11.8 Å². The van der Waals surface area contributed by atoms with Crippen LogP contribution in [0.1, 0.15) is 53.9 Å². The molecule has 1 aliphatic carbocycles. The number of aryl methyl sites for hydroxylation is 1. The van der Waals surface area contributed by atoms with Crippen LogP contribution in [0.25, 0.3) is 0 Å². The summed E-state index contributed by atoms with van der Waals surface area (Å²) in [5.41, 5.74) is 2.48. The molecule has 5 nitrogen and oxygen atoms in total. The first-order valence-corrected chi connectivity index (χ1v) is 10.8. The van der Waals surface area contributed by atoms with Gasteiger partial charge < -0.3 is 4.90 Å². The Bertz CT molecular complexity index is 949. The summed E-state index contributed by atoms with van der Waals surface area (Å²) >= 11 is 1.27. The van der Waals surface area contributed by atoms with Gasteiger partial charge in [-0.1, -0.05) is 42.1 Å². The third kappa shape index (κ3) is 5.24. The number of aromatic nitrogens is 1. The lowest BCUT2D eigenvalue weighted by molar-refractivity contribution is -0.131. The number of thioether (sulfide) groups is 1. The molecule has 29 heavy (non-hydrogen) atoms. The van der Waals surface area contributed by atoms with Gasteiger partial charge in [0.05, 0.1) is 11.3 Å². The van der Waals surface area contributed by atoms with E-state index in [1.165, 1.54) is 31.5 Å². The van der Waals surface area contributed by atoms with Crippen LogP contribution in [-0.4, -0.2) is 33.4 Å². The Balaban J connectivity index is 1.75. The summed E-state index contributed by atoms with van der Waals surface area (Å²) in [6.45, 7) is 5.91. The van der Waals surface area contributed by atoms with E-state index in [9.17, 15) is 14.9 Å². The van der Waals surface area contributed by atoms with E-state index in [-0.39, 0.29) is 23.5 Å². The number of nitriles is 1. The van der Waals surface area contributed by atoms with E-state index in [0.29, 0.717) is 34.3 Å². The lowest BCUT2D eigenvalue weighted by Crippen LogP contribution is -2.40. The molecule has 1 saturated carbocycles. The lowest BCUT2D eigenvalue weighted by atomic mass is 10.1. The maximum Gasteiger partial charge on any atom is 0.233 e. The number of hydrogen-bond donors (Lipinski definition) is 0. The van der Waals surface area contributed by atoms with Gasteiger partial charge in [-0.15, -0.1) is 0 Å². The highest BCUT2D eigenvalue weighted by atomic mass is 32.2. The minimum atomic E-state index is -0.119. The number of benzene rings is 1. The zero-order chi connectivity index (χ0) is 21.0. The Hall–Kier alpha value is -2.65. The van der Waals surface area contributed by atoms with Crippen molar-refractivity contribution in [1.82, 2.24) is 9.88 Å². The number of carbonyl (C=O) groups excluding carboxylic acids is 2. The molecule has 0 radical (unpaired) electrons. The number of amides is 1. The summed E-state index contributed by atoms with van der Waals surface area (Å²) in [5, 5.41) is 9.95. The molecule has 0 unspecified atom stereocenters. The van der Waals surface area contributed by atoms with Crippen LogP contribution in [0, 0.1) is 24.2 Å². The van der Waals surface area contributed by atoms with Gasteiger partial charge in [0.1, 0.15) is 11.1 Å². The first-order valence-electron chi connectivity index (χ1n) is 9.79. The molecule has 6 heteroatoms. The molecule has 150 valence electrons. The van der Waals surface area contributed by atoms with Crippen molar-refractivity contribution in [2.24, 2.45) is 5.92 Å². The summed E-state index contributed by atoms with van der Waals surface area (Å²) in [6.07, 6.45) is 2.33. The minimum Gasteiger partial charge on any atom is -0.335 e. The van der Waals surface area contributed by atoms with Gasteiger partial charge in [0, 0.05) is 23.8 Å². The number of pyridine rings is 1. The van der Waals surface area contributed by atoms with Crippen molar-refractivity contribution < 1.29 is 9.59 Å². The van der Waals surface area contributed by atoms with Crippen molar-refractivity contribution in [3.63, 3.8) is 0 Å². The topological polar surface area (TPSA) is 74.1 Å². The van der Waals surface area contributed by atoms with Crippen LogP contribution in [0.2, 0.25) is 0 Å². The zero-order valence-corrected chi connectivity index (χ0v) is 17.8. The molecule has 0 spiro atoms. The summed E-state index contributed by atoms with van der Waals surface area (Å²) in [7, 11) is 0. The van der Waals surface area contributed by atoms with Crippen molar-refractivity contribution in [3.8, 4) is 6.07 Å².